The van der Waals surface area contributed by atoms with Crippen molar-refractivity contribution in [1.29, 1.82) is 0 Å². The van der Waals surface area contributed by atoms with Crippen molar-refractivity contribution in [2.75, 3.05) is 0 Å². The maximum atomic E-state index is 10.6. The molecule has 0 radical (unpaired) electrons. The van der Waals surface area contributed by atoms with Crippen LogP contribution < -0.4 is 5.73 Å². The third-order valence-electron chi connectivity index (χ3n) is 2.28. The van der Waals surface area contributed by atoms with Crippen LogP contribution >= 0.6 is 0 Å². The highest BCUT2D eigenvalue weighted by Gasteiger charge is 1.99. The van der Waals surface area contributed by atoms with E-state index in [1.54, 1.807) is 0 Å². The van der Waals surface area contributed by atoms with Crippen molar-refractivity contribution >= 4 is 16.8 Å². The van der Waals surface area contributed by atoms with E-state index in [1.165, 1.54) is 5.39 Å². The second-order valence-electron chi connectivity index (χ2n) is 3.37. The van der Waals surface area contributed by atoms with E-state index in [4.69, 9.17) is 5.73 Å². The van der Waals surface area contributed by atoms with Gasteiger partial charge in [0.15, 0.2) is 0 Å². The van der Waals surface area contributed by atoms with Gasteiger partial charge in [0.1, 0.15) is 0 Å². The van der Waals surface area contributed by atoms with Crippen molar-refractivity contribution in [3.8, 4) is 0 Å². The lowest BCUT2D eigenvalue weighted by Gasteiger charge is -1.98. The molecule has 14 heavy (non-hydrogen) atoms. The first kappa shape index (κ1) is 8.81. The van der Waals surface area contributed by atoms with Gasteiger partial charge in [-0.25, -0.2) is 0 Å². The van der Waals surface area contributed by atoms with Crippen LogP contribution in [-0.4, -0.2) is 10.9 Å². The van der Waals surface area contributed by atoms with E-state index >= 15 is 0 Å². The fraction of sp³-hybridized carbons (Fsp3) is 0.182. The number of H-pyrrole nitrogens is 1. The first-order valence-corrected chi connectivity index (χ1v) is 4.60. The number of carbonyl (C=O) groups excluding carboxylic acids is 1. The zero-order valence-corrected chi connectivity index (χ0v) is 7.79. The second kappa shape index (κ2) is 3.54. The molecule has 2 rings (SSSR count). The fourth-order valence-electron chi connectivity index (χ4n) is 1.52. The van der Waals surface area contributed by atoms with Crippen molar-refractivity contribution in [3.63, 3.8) is 0 Å². The summed E-state index contributed by atoms with van der Waals surface area (Å²) < 4.78 is 0. The van der Waals surface area contributed by atoms with Crippen LogP contribution in [0.15, 0.2) is 30.5 Å². The van der Waals surface area contributed by atoms with Crippen molar-refractivity contribution in [1.82, 2.24) is 4.98 Å². The molecular weight excluding hydrogens is 176 g/mol. The highest BCUT2D eigenvalue weighted by molar-refractivity contribution is 5.80. The summed E-state index contributed by atoms with van der Waals surface area (Å²) in [7, 11) is 0. The molecule has 2 aromatic rings. The van der Waals surface area contributed by atoms with Crippen LogP contribution in [0.4, 0.5) is 0 Å². The summed E-state index contributed by atoms with van der Waals surface area (Å²) in [4.78, 5) is 13.7. The quantitative estimate of drug-likeness (QED) is 0.754. The number of aromatic nitrogens is 1. The summed E-state index contributed by atoms with van der Waals surface area (Å²) in [5, 5.41) is 1.19. The summed E-state index contributed by atoms with van der Waals surface area (Å²) in [6.07, 6.45) is 3.03. The Labute approximate surface area is 81.9 Å². The van der Waals surface area contributed by atoms with Gasteiger partial charge in [0, 0.05) is 18.1 Å². The number of nitrogens with two attached hydrogens (primary N) is 1. The molecule has 1 amide bonds. The van der Waals surface area contributed by atoms with E-state index in [9.17, 15) is 4.79 Å². The predicted octanol–water partition coefficient (Wildman–Crippen LogP) is 1.59. The Kier molecular flexibility index (Phi) is 2.23. The third-order valence-corrected chi connectivity index (χ3v) is 2.28. The molecule has 0 aliphatic carbocycles. The highest BCUT2D eigenvalue weighted by atomic mass is 16.1. The molecule has 0 unspecified atom stereocenters. The van der Waals surface area contributed by atoms with Crippen LogP contribution in [0.1, 0.15) is 12.0 Å². The summed E-state index contributed by atoms with van der Waals surface area (Å²) in [6.45, 7) is 0. The molecule has 0 atom stereocenters. The number of amides is 1. The minimum absolute atomic E-state index is 0.253. The fourth-order valence-corrected chi connectivity index (χ4v) is 1.52. The number of hydrogen-bond acceptors (Lipinski definition) is 1. The number of rotatable bonds is 3. The lowest BCUT2D eigenvalue weighted by atomic mass is 10.1. The van der Waals surface area contributed by atoms with Crippen molar-refractivity contribution in [2.24, 2.45) is 5.73 Å². The third kappa shape index (κ3) is 1.76. The lowest BCUT2D eigenvalue weighted by Crippen LogP contribution is -2.11. The van der Waals surface area contributed by atoms with Crippen LogP contribution in [0.5, 0.6) is 0 Å². The van der Waals surface area contributed by atoms with Gasteiger partial charge in [-0.3, -0.25) is 4.79 Å². The van der Waals surface area contributed by atoms with Gasteiger partial charge >= 0.3 is 0 Å². The molecule has 72 valence electrons. The summed E-state index contributed by atoms with van der Waals surface area (Å²) in [5.41, 5.74) is 7.33. The molecular formula is C11H12N2O. The number of benzene rings is 1. The normalized spacial score (nSPS) is 10.6. The van der Waals surface area contributed by atoms with E-state index in [1.807, 2.05) is 24.4 Å². The van der Waals surface area contributed by atoms with E-state index in [0.29, 0.717) is 12.8 Å². The first-order valence-electron chi connectivity index (χ1n) is 4.60. The van der Waals surface area contributed by atoms with E-state index in [2.05, 4.69) is 11.1 Å². The zero-order chi connectivity index (χ0) is 9.97. The number of hydrogen-bond donors (Lipinski definition) is 2. The number of primary amides is 1. The molecule has 0 bridgehead atoms. The number of aryl methyl sites for hydroxylation is 1. The Morgan fingerprint density at radius 2 is 2.21 bits per heavy atom. The Morgan fingerprint density at radius 1 is 1.36 bits per heavy atom. The Bertz CT molecular complexity index is 459. The molecule has 1 aromatic heterocycles. The molecule has 3 N–H and O–H groups in total. The molecule has 0 fully saturated rings. The minimum atomic E-state index is -0.253. The summed E-state index contributed by atoms with van der Waals surface area (Å²) in [5.74, 6) is -0.253. The van der Waals surface area contributed by atoms with Crippen LogP contribution in [0.3, 0.4) is 0 Å². The average molecular weight is 188 g/mol. The van der Waals surface area contributed by atoms with Gasteiger partial charge in [-0.2, -0.15) is 0 Å². The lowest BCUT2D eigenvalue weighted by molar-refractivity contribution is -0.117. The van der Waals surface area contributed by atoms with Crippen molar-refractivity contribution in [3.05, 3.63) is 36.0 Å². The van der Waals surface area contributed by atoms with Crippen LogP contribution in [0.2, 0.25) is 0 Å². The maximum Gasteiger partial charge on any atom is 0.217 e. The van der Waals surface area contributed by atoms with Crippen LogP contribution in [-0.2, 0) is 11.2 Å². The monoisotopic (exact) mass is 188 g/mol. The van der Waals surface area contributed by atoms with Gasteiger partial charge < -0.3 is 10.7 Å². The average Bonchev–Trinajstić information content (AvgIpc) is 2.61. The van der Waals surface area contributed by atoms with Gasteiger partial charge in [-0.05, 0) is 29.5 Å². The molecule has 3 heteroatoms. The maximum absolute atomic E-state index is 10.6. The van der Waals surface area contributed by atoms with E-state index in [0.717, 1.165) is 11.1 Å². The molecule has 0 spiro atoms. The largest absolute Gasteiger partial charge is 0.370 e. The first-order chi connectivity index (χ1) is 6.75. The number of fused-ring (bicyclic) bond motifs is 1. The molecule has 3 nitrogen and oxygen atoms in total. The Morgan fingerprint density at radius 3 is 3.00 bits per heavy atom. The van der Waals surface area contributed by atoms with E-state index in [-0.39, 0.29) is 5.91 Å². The Balaban J connectivity index is 2.21. The van der Waals surface area contributed by atoms with Crippen molar-refractivity contribution < 1.29 is 4.79 Å². The molecule has 1 heterocycles. The summed E-state index contributed by atoms with van der Waals surface area (Å²) in [6, 6.07) is 8.15. The van der Waals surface area contributed by atoms with Crippen LogP contribution in [0, 0.1) is 0 Å². The topological polar surface area (TPSA) is 58.9 Å². The van der Waals surface area contributed by atoms with Crippen LogP contribution in [0.25, 0.3) is 10.9 Å². The predicted molar refractivity (Wildman–Crippen MR) is 55.8 cm³/mol. The van der Waals surface area contributed by atoms with Gasteiger partial charge in [0.2, 0.25) is 5.91 Å². The smallest absolute Gasteiger partial charge is 0.217 e. The molecule has 1 aromatic carbocycles. The van der Waals surface area contributed by atoms with Gasteiger partial charge in [-0.1, -0.05) is 12.1 Å². The number of nitrogens with one attached hydrogen (secondary N) is 1. The summed E-state index contributed by atoms with van der Waals surface area (Å²) >= 11 is 0. The molecule has 0 saturated carbocycles. The zero-order valence-electron chi connectivity index (χ0n) is 7.79. The van der Waals surface area contributed by atoms with Crippen molar-refractivity contribution in [2.45, 2.75) is 12.8 Å². The van der Waals surface area contributed by atoms with Gasteiger partial charge in [0.05, 0.1) is 0 Å². The minimum Gasteiger partial charge on any atom is -0.370 e. The molecule has 0 aliphatic rings. The number of aromatic amines is 1. The second-order valence-corrected chi connectivity index (χ2v) is 3.37. The standard InChI is InChI=1S/C11H12N2O/c12-11(14)4-2-8-1-3-9-5-6-13-10(9)7-8/h1,3,5-7,13H,2,4H2,(H2,12,14). The van der Waals surface area contributed by atoms with E-state index < -0.39 is 0 Å². The van der Waals surface area contributed by atoms with Gasteiger partial charge in [0.25, 0.3) is 0 Å². The van der Waals surface area contributed by atoms with Gasteiger partial charge in [-0.15, -0.1) is 0 Å². The SMILES string of the molecule is NC(=O)CCc1ccc2cc[nH]c2c1. The molecule has 0 aliphatic heterocycles. The highest BCUT2D eigenvalue weighted by Crippen LogP contribution is 2.14. The molecule has 0 saturated heterocycles. The number of carbonyl (C=O) groups is 1. The Hall–Kier alpha value is -1.77.